The van der Waals surface area contributed by atoms with Gasteiger partial charge in [0.1, 0.15) is 24.4 Å². The van der Waals surface area contributed by atoms with Gasteiger partial charge in [-0.1, -0.05) is 243 Å². The Morgan fingerprint density at radius 3 is 1.33 bits per heavy atom. The van der Waals surface area contributed by atoms with Crippen molar-refractivity contribution in [3.05, 3.63) is 158 Å². The van der Waals surface area contributed by atoms with Crippen LogP contribution < -0.4 is 5.32 Å². The number of hydrogen-bond donors (Lipinski definition) is 6. The average molecular weight is 1130 g/mol. The molecule has 81 heavy (non-hydrogen) atoms. The molecule has 0 aliphatic carbocycles. The lowest BCUT2D eigenvalue weighted by Gasteiger charge is -2.41. The highest BCUT2D eigenvalue weighted by atomic mass is 16.7. The summed E-state index contributed by atoms with van der Waals surface area (Å²) in [6, 6.07) is -1.08. The fourth-order valence-corrected chi connectivity index (χ4v) is 8.55. The van der Waals surface area contributed by atoms with E-state index >= 15 is 0 Å². The molecule has 1 aliphatic heterocycles. The Kier molecular flexibility index (Phi) is 51.2. The highest BCUT2D eigenvalue weighted by Gasteiger charge is 2.47. The first-order chi connectivity index (χ1) is 39.7. The van der Waals surface area contributed by atoms with Crippen molar-refractivity contribution in [2.75, 3.05) is 13.2 Å². The molecule has 1 amide bonds. The Labute approximate surface area is 491 Å². The van der Waals surface area contributed by atoms with Crippen molar-refractivity contribution in [2.45, 2.75) is 256 Å². The molecule has 0 aromatic rings. The van der Waals surface area contributed by atoms with E-state index in [9.17, 15) is 35.1 Å². The van der Waals surface area contributed by atoms with Crippen LogP contribution in [0.15, 0.2) is 158 Å². The molecule has 0 bridgehead atoms. The summed E-state index contributed by atoms with van der Waals surface area (Å²) < 4.78 is 17.5. The minimum atomic E-state index is -1.65. The SMILES string of the molecule is CC/C=C\C/C=C\C/C=C\C/C=C\C/C=C\C/C=C\CCCCCCC(=O)OC1C(OCC(NC(=O)C(O)C/C=C\C/C=C\C/C=C\C/C=C\C/C=C\C/C=C\CC)C(O)/C=C/CCCCCCCCCCC)OC(CO)C(O)C1O. The molecule has 0 radical (unpaired) electrons. The Balaban J connectivity index is 2.73. The topological polar surface area (TPSA) is 175 Å². The molecule has 11 heteroatoms. The van der Waals surface area contributed by atoms with Crippen LogP contribution in [0.2, 0.25) is 0 Å². The lowest BCUT2D eigenvalue weighted by molar-refractivity contribution is -0.305. The summed E-state index contributed by atoms with van der Waals surface area (Å²) in [5.41, 5.74) is 0. The molecule has 0 spiro atoms. The largest absolute Gasteiger partial charge is 0.454 e. The number of nitrogens with one attached hydrogen (secondary N) is 1. The zero-order valence-electron chi connectivity index (χ0n) is 50.3. The average Bonchev–Trinajstić information content (AvgIpc) is 3.50. The van der Waals surface area contributed by atoms with E-state index < -0.39 is 67.4 Å². The van der Waals surface area contributed by atoms with E-state index in [2.05, 4.69) is 154 Å². The van der Waals surface area contributed by atoms with E-state index in [1.54, 1.807) is 12.2 Å². The molecule has 0 saturated carbocycles. The number of aliphatic hydroxyl groups excluding tert-OH is 5. The Morgan fingerprint density at radius 1 is 0.494 bits per heavy atom. The number of rotatable bonds is 50. The summed E-state index contributed by atoms with van der Waals surface area (Å²) in [4.78, 5) is 26.5. The molecule has 1 heterocycles. The smallest absolute Gasteiger partial charge is 0.306 e. The van der Waals surface area contributed by atoms with Crippen LogP contribution in [0.4, 0.5) is 0 Å². The van der Waals surface area contributed by atoms with Crippen LogP contribution in [0.1, 0.15) is 207 Å². The van der Waals surface area contributed by atoms with E-state index in [0.29, 0.717) is 12.8 Å². The van der Waals surface area contributed by atoms with Crippen LogP contribution in [-0.2, 0) is 23.8 Å². The first kappa shape index (κ1) is 74.3. The third-order valence-electron chi connectivity index (χ3n) is 13.4. The molecule has 6 N–H and O–H groups in total. The zero-order valence-corrected chi connectivity index (χ0v) is 50.3. The number of esters is 1. The van der Waals surface area contributed by atoms with Gasteiger partial charge < -0.3 is 45.1 Å². The number of hydrogen-bond acceptors (Lipinski definition) is 10. The monoisotopic (exact) mass is 1130 g/mol. The zero-order chi connectivity index (χ0) is 58.9. The number of unbranched alkanes of at least 4 members (excludes halogenated alkanes) is 13. The fraction of sp³-hybridized carbons (Fsp3) is 0.600. The van der Waals surface area contributed by atoms with Crippen molar-refractivity contribution in [1.82, 2.24) is 5.32 Å². The highest BCUT2D eigenvalue weighted by molar-refractivity contribution is 5.81. The van der Waals surface area contributed by atoms with Crippen LogP contribution in [0.5, 0.6) is 0 Å². The molecule has 8 unspecified atom stereocenters. The minimum Gasteiger partial charge on any atom is -0.454 e. The van der Waals surface area contributed by atoms with E-state index in [0.717, 1.165) is 122 Å². The maximum atomic E-state index is 13.4. The predicted octanol–water partition coefficient (Wildman–Crippen LogP) is 15.2. The number of carbonyl (C=O) groups excluding carboxylic acids is 2. The normalized spacial score (nSPS) is 19.8. The van der Waals surface area contributed by atoms with Gasteiger partial charge in [0, 0.05) is 12.8 Å². The van der Waals surface area contributed by atoms with Gasteiger partial charge in [0.15, 0.2) is 12.4 Å². The maximum Gasteiger partial charge on any atom is 0.306 e. The number of allylic oxidation sites excluding steroid dienone is 24. The summed E-state index contributed by atoms with van der Waals surface area (Å²) >= 11 is 0. The second-order valence-corrected chi connectivity index (χ2v) is 20.7. The lowest BCUT2D eigenvalue weighted by atomic mass is 9.99. The van der Waals surface area contributed by atoms with Gasteiger partial charge in [-0.15, -0.1) is 0 Å². The van der Waals surface area contributed by atoms with Gasteiger partial charge in [-0.2, -0.15) is 0 Å². The van der Waals surface area contributed by atoms with E-state index in [4.69, 9.17) is 14.2 Å². The molecule has 8 atom stereocenters. The second-order valence-electron chi connectivity index (χ2n) is 20.7. The van der Waals surface area contributed by atoms with Crippen molar-refractivity contribution in [3.8, 4) is 0 Å². The Hall–Kier alpha value is -4.72. The first-order valence-corrected chi connectivity index (χ1v) is 31.3. The third-order valence-corrected chi connectivity index (χ3v) is 13.4. The number of carbonyl (C=O) groups is 2. The van der Waals surface area contributed by atoms with E-state index in [-0.39, 0.29) is 19.4 Å². The number of ether oxygens (including phenoxy) is 3. The summed E-state index contributed by atoms with van der Waals surface area (Å²) in [5.74, 6) is -1.33. The van der Waals surface area contributed by atoms with E-state index in [1.807, 2.05) is 18.2 Å². The van der Waals surface area contributed by atoms with Gasteiger partial charge >= 0.3 is 5.97 Å². The molecule has 1 saturated heterocycles. The minimum absolute atomic E-state index is 0.0458. The lowest BCUT2D eigenvalue weighted by Crippen LogP contribution is -2.61. The van der Waals surface area contributed by atoms with Gasteiger partial charge in [0.05, 0.1) is 25.4 Å². The van der Waals surface area contributed by atoms with Gasteiger partial charge in [0.2, 0.25) is 5.91 Å². The Bertz CT molecular complexity index is 1920. The molecular formula is C70H111NO10. The highest BCUT2D eigenvalue weighted by Crippen LogP contribution is 2.26. The quantitative estimate of drug-likeness (QED) is 0.0195. The van der Waals surface area contributed by atoms with Gasteiger partial charge in [0.25, 0.3) is 0 Å². The van der Waals surface area contributed by atoms with Gasteiger partial charge in [-0.25, -0.2) is 0 Å². The van der Waals surface area contributed by atoms with Crippen LogP contribution in [0, 0.1) is 0 Å². The molecular weight excluding hydrogens is 1010 g/mol. The summed E-state index contributed by atoms with van der Waals surface area (Å²) in [7, 11) is 0. The molecule has 456 valence electrons. The summed E-state index contributed by atoms with van der Waals surface area (Å²) in [5, 5.41) is 56.8. The van der Waals surface area contributed by atoms with Crippen molar-refractivity contribution in [2.24, 2.45) is 0 Å². The summed E-state index contributed by atoms with van der Waals surface area (Å²) in [6.07, 6.45) is 71.5. The molecule has 1 rings (SSSR count). The van der Waals surface area contributed by atoms with Crippen molar-refractivity contribution >= 4 is 11.9 Å². The number of aliphatic hydroxyl groups is 5. The van der Waals surface area contributed by atoms with Crippen LogP contribution in [-0.4, -0.2) is 99.6 Å². The van der Waals surface area contributed by atoms with Crippen LogP contribution in [0.3, 0.4) is 0 Å². The van der Waals surface area contributed by atoms with Crippen molar-refractivity contribution in [3.63, 3.8) is 0 Å². The van der Waals surface area contributed by atoms with E-state index in [1.165, 1.54) is 38.5 Å². The molecule has 0 aromatic heterocycles. The van der Waals surface area contributed by atoms with Gasteiger partial charge in [-0.3, -0.25) is 9.59 Å². The molecule has 1 aliphatic rings. The second kappa shape index (κ2) is 55.8. The van der Waals surface area contributed by atoms with Crippen molar-refractivity contribution < 1.29 is 49.3 Å². The predicted molar refractivity (Wildman–Crippen MR) is 337 cm³/mol. The summed E-state index contributed by atoms with van der Waals surface area (Å²) in [6.45, 7) is 5.47. The molecule has 1 fully saturated rings. The number of amides is 1. The van der Waals surface area contributed by atoms with Gasteiger partial charge in [-0.05, 0) is 109 Å². The third kappa shape index (κ3) is 43.6. The fourth-order valence-electron chi connectivity index (χ4n) is 8.55. The van der Waals surface area contributed by atoms with Crippen LogP contribution >= 0.6 is 0 Å². The molecule has 0 aromatic carbocycles. The Morgan fingerprint density at radius 2 is 0.889 bits per heavy atom. The standard InChI is InChI=1S/C70H111NO10/c1-4-7-10-13-16-19-22-24-26-28-30-31-32-33-34-36-38-40-43-46-49-52-55-58-65(75)81-68-67(77)66(76)64(59-72)80-70(68)79-60-61(62(73)56-53-50-47-44-41-21-18-15-12-9-6-3)71-69(78)63(74)57-54-51-48-45-42-39-37-35-29-27-25-23-20-17-14-11-8-5-2/h7-8,10-11,16-17,19-20,24-27,30-31,33-35,37-38,40,42,45,51,53-54,56,61-64,66-68,70,72-74,76-77H,4-6,9,12-15,18,21-23,28-29,32,36,39,41,43-44,46-50,52,55,57-60H2,1-3H3,(H,71,78)/b10-7-,11-8-,19-16-,20-17-,26-24-,27-25-,31-30-,34-33-,37-35-,40-38-,45-42-,54-51-,56-53+. The maximum absolute atomic E-state index is 13.4. The van der Waals surface area contributed by atoms with Crippen LogP contribution in [0.25, 0.3) is 0 Å². The first-order valence-electron chi connectivity index (χ1n) is 31.3. The molecule has 11 nitrogen and oxygen atoms in total. The van der Waals surface area contributed by atoms with Crippen molar-refractivity contribution in [1.29, 1.82) is 0 Å².